The lowest BCUT2D eigenvalue weighted by Gasteiger charge is -2.46. The van der Waals surface area contributed by atoms with Crippen LogP contribution < -0.4 is 9.47 Å². The Morgan fingerprint density at radius 1 is 1.06 bits per heavy atom. The highest BCUT2D eigenvalue weighted by Gasteiger charge is 2.48. The van der Waals surface area contributed by atoms with Gasteiger partial charge in [-0.25, -0.2) is 0 Å². The summed E-state index contributed by atoms with van der Waals surface area (Å²) in [6.45, 7) is 1.53. The van der Waals surface area contributed by atoms with E-state index in [1.54, 1.807) is 14.2 Å². The summed E-state index contributed by atoms with van der Waals surface area (Å²) in [6.07, 6.45) is 1.98. The molecule has 4 rings (SSSR count). The molecule has 0 N–H and O–H groups in total. The van der Waals surface area contributed by atoms with Crippen molar-refractivity contribution in [2.45, 2.75) is 31.9 Å². The van der Waals surface area contributed by atoms with E-state index in [2.05, 4.69) is 0 Å². The first-order valence-corrected chi connectivity index (χ1v) is 11.3. The molecule has 2 heterocycles. The van der Waals surface area contributed by atoms with Gasteiger partial charge >= 0.3 is 5.97 Å². The van der Waals surface area contributed by atoms with Crippen molar-refractivity contribution in [2.24, 2.45) is 11.8 Å². The predicted octanol–water partition coefficient (Wildman–Crippen LogP) is 3.55. The molecule has 0 bridgehead atoms. The van der Waals surface area contributed by atoms with Gasteiger partial charge in [0, 0.05) is 13.2 Å². The molecule has 2 aromatic carbocycles. The summed E-state index contributed by atoms with van der Waals surface area (Å²) < 4.78 is 21.9. The van der Waals surface area contributed by atoms with Gasteiger partial charge in [-0.05, 0) is 54.0 Å². The van der Waals surface area contributed by atoms with Gasteiger partial charge < -0.3 is 23.8 Å². The minimum absolute atomic E-state index is 0.110. The number of rotatable bonds is 8. The summed E-state index contributed by atoms with van der Waals surface area (Å²) in [5.41, 5.74) is 3.30. The van der Waals surface area contributed by atoms with E-state index in [1.165, 1.54) is 7.11 Å². The Hall–Kier alpha value is -3.06. The largest absolute Gasteiger partial charge is 0.493 e. The maximum absolute atomic E-state index is 13.4. The zero-order chi connectivity index (χ0) is 23.4. The molecular formula is C26H31NO6. The Labute approximate surface area is 194 Å². The molecule has 7 heteroatoms. The summed E-state index contributed by atoms with van der Waals surface area (Å²) in [5.74, 6) is -0.265. The number of carbonyl (C=O) groups excluding carboxylic acids is 2. The summed E-state index contributed by atoms with van der Waals surface area (Å²) in [5, 5.41) is 0. The molecule has 1 fully saturated rings. The predicted molar refractivity (Wildman–Crippen MR) is 122 cm³/mol. The number of fused-ring (bicyclic) bond motifs is 3. The minimum atomic E-state index is -0.798. The van der Waals surface area contributed by atoms with Gasteiger partial charge in [-0.1, -0.05) is 30.3 Å². The lowest BCUT2D eigenvalue weighted by molar-refractivity contribution is -0.163. The molecule has 2 aromatic rings. The molecule has 0 radical (unpaired) electrons. The molecular weight excluding hydrogens is 422 g/mol. The van der Waals surface area contributed by atoms with Crippen LogP contribution in [0.1, 0.15) is 35.6 Å². The van der Waals surface area contributed by atoms with Gasteiger partial charge in [0.05, 0.1) is 34.0 Å². The van der Waals surface area contributed by atoms with Crippen molar-refractivity contribution in [1.29, 1.82) is 0 Å². The lowest BCUT2D eigenvalue weighted by atomic mass is 9.75. The van der Waals surface area contributed by atoms with Crippen LogP contribution in [0.4, 0.5) is 0 Å². The first kappa shape index (κ1) is 23.1. The number of hydrogen-bond acceptors (Lipinski definition) is 6. The molecule has 7 nitrogen and oxygen atoms in total. The third kappa shape index (κ3) is 4.69. The molecule has 0 aliphatic carbocycles. The van der Waals surface area contributed by atoms with Crippen LogP contribution in [0.5, 0.6) is 11.5 Å². The van der Waals surface area contributed by atoms with Gasteiger partial charge in [0.25, 0.3) is 0 Å². The highest BCUT2D eigenvalue weighted by atomic mass is 16.5. The third-order valence-electron chi connectivity index (χ3n) is 6.75. The van der Waals surface area contributed by atoms with E-state index in [0.29, 0.717) is 50.5 Å². The van der Waals surface area contributed by atoms with Crippen LogP contribution in [-0.4, -0.2) is 51.3 Å². The second-order valence-electron chi connectivity index (χ2n) is 8.53. The second kappa shape index (κ2) is 10.3. The van der Waals surface area contributed by atoms with E-state index < -0.39 is 11.9 Å². The molecule has 0 saturated carbocycles. The quantitative estimate of drug-likeness (QED) is 0.346. The van der Waals surface area contributed by atoms with Gasteiger partial charge in [0.1, 0.15) is 5.92 Å². The SMILES string of the molecule is COC(=O)[C@@H]1C(=O)N2CCc3cc(OC)c(OC)cc3[C@@H]2C[C@@H]1CCOCc1ccccc1. The maximum Gasteiger partial charge on any atom is 0.318 e. The smallest absolute Gasteiger partial charge is 0.318 e. The van der Waals surface area contributed by atoms with Crippen molar-refractivity contribution in [3.05, 3.63) is 59.2 Å². The van der Waals surface area contributed by atoms with Gasteiger partial charge in [0.2, 0.25) is 5.91 Å². The summed E-state index contributed by atoms with van der Waals surface area (Å²) in [7, 11) is 4.57. The van der Waals surface area contributed by atoms with Gasteiger partial charge in [-0.2, -0.15) is 0 Å². The molecule has 2 aliphatic heterocycles. The van der Waals surface area contributed by atoms with Crippen LogP contribution in [0.25, 0.3) is 0 Å². The Morgan fingerprint density at radius 3 is 2.48 bits per heavy atom. The van der Waals surface area contributed by atoms with Crippen molar-refractivity contribution in [1.82, 2.24) is 4.90 Å². The van der Waals surface area contributed by atoms with E-state index in [9.17, 15) is 9.59 Å². The van der Waals surface area contributed by atoms with Crippen LogP contribution in [0.3, 0.4) is 0 Å². The van der Waals surface area contributed by atoms with E-state index in [0.717, 1.165) is 16.7 Å². The molecule has 33 heavy (non-hydrogen) atoms. The third-order valence-corrected chi connectivity index (χ3v) is 6.75. The molecule has 1 saturated heterocycles. The summed E-state index contributed by atoms with van der Waals surface area (Å²) in [4.78, 5) is 27.9. The fourth-order valence-electron chi connectivity index (χ4n) is 5.05. The Morgan fingerprint density at radius 2 is 1.79 bits per heavy atom. The second-order valence-corrected chi connectivity index (χ2v) is 8.53. The fourth-order valence-corrected chi connectivity index (χ4v) is 5.05. The van der Waals surface area contributed by atoms with Gasteiger partial charge in [-0.15, -0.1) is 0 Å². The number of carbonyl (C=O) groups is 2. The monoisotopic (exact) mass is 453 g/mol. The molecule has 0 aromatic heterocycles. The Balaban J connectivity index is 1.54. The molecule has 2 aliphatic rings. The molecule has 3 atom stereocenters. The molecule has 1 amide bonds. The van der Waals surface area contributed by atoms with E-state index in [-0.39, 0.29) is 17.9 Å². The maximum atomic E-state index is 13.4. The lowest BCUT2D eigenvalue weighted by Crippen LogP contribution is -2.52. The normalized spacial score (nSPS) is 21.7. The zero-order valence-electron chi connectivity index (χ0n) is 19.4. The average molecular weight is 454 g/mol. The Bertz CT molecular complexity index is 992. The van der Waals surface area contributed by atoms with Crippen LogP contribution >= 0.6 is 0 Å². The van der Waals surface area contributed by atoms with Crippen LogP contribution in [0, 0.1) is 11.8 Å². The van der Waals surface area contributed by atoms with Crippen molar-refractivity contribution in [3.63, 3.8) is 0 Å². The van der Waals surface area contributed by atoms with Crippen molar-refractivity contribution < 1.29 is 28.5 Å². The van der Waals surface area contributed by atoms with E-state index >= 15 is 0 Å². The van der Waals surface area contributed by atoms with Crippen LogP contribution in [0.15, 0.2) is 42.5 Å². The average Bonchev–Trinajstić information content (AvgIpc) is 2.85. The van der Waals surface area contributed by atoms with Crippen molar-refractivity contribution in [2.75, 3.05) is 34.5 Å². The number of hydrogen-bond donors (Lipinski definition) is 0. The Kier molecular flexibility index (Phi) is 7.18. The van der Waals surface area contributed by atoms with Crippen LogP contribution in [-0.2, 0) is 32.1 Å². The standard InChI is InChI=1S/C26H31NO6/c1-30-22-14-18-9-11-27-21(20(18)15-23(22)31-2)13-19(24(25(27)28)26(29)32-3)10-12-33-16-17-7-5-4-6-8-17/h4-8,14-15,19,21,24H,9-13,16H2,1-3H3/t19-,21-,24-/m0/s1. The number of benzene rings is 2. The number of methoxy groups -OCH3 is 3. The van der Waals surface area contributed by atoms with Gasteiger partial charge in [-0.3, -0.25) is 9.59 Å². The van der Waals surface area contributed by atoms with Crippen molar-refractivity contribution in [3.8, 4) is 11.5 Å². The summed E-state index contributed by atoms with van der Waals surface area (Å²) in [6, 6.07) is 13.8. The number of nitrogens with zero attached hydrogens (tertiary/aromatic N) is 1. The van der Waals surface area contributed by atoms with Crippen molar-refractivity contribution >= 4 is 11.9 Å². The highest BCUT2D eigenvalue weighted by molar-refractivity contribution is 5.99. The van der Waals surface area contributed by atoms with Crippen LogP contribution in [0.2, 0.25) is 0 Å². The summed E-state index contributed by atoms with van der Waals surface area (Å²) >= 11 is 0. The number of esters is 1. The highest BCUT2D eigenvalue weighted by Crippen LogP contribution is 2.46. The fraction of sp³-hybridized carbons (Fsp3) is 0.462. The van der Waals surface area contributed by atoms with E-state index in [4.69, 9.17) is 18.9 Å². The minimum Gasteiger partial charge on any atom is -0.493 e. The first-order chi connectivity index (χ1) is 16.1. The topological polar surface area (TPSA) is 74.3 Å². The van der Waals surface area contributed by atoms with Gasteiger partial charge in [0.15, 0.2) is 11.5 Å². The molecule has 0 spiro atoms. The first-order valence-electron chi connectivity index (χ1n) is 11.3. The zero-order valence-corrected chi connectivity index (χ0v) is 19.4. The molecule has 176 valence electrons. The number of piperidine rings is 1. The molecule has 0 unspecified atom stereocenters. The number of amides is 1. The van der Waals surface area contributed by atoms with E-state index in [1.807, 2.05) is 47.4 Å². The number of ether oxygens (including phenoxy) is 4.